The molecule has 1 aliphatic heterocycles. The molecule has 0 saturated carbocycles. The first-order valence-corrected chi connectivity index (χ1v) is 5.99. The summed E-state index contributed by atoms with van der Waals surface area (Å²) < 4.78 is 10.1. The van der Waals surface area contributed by atoms with Crippen LogP contribution in [0, 0.1) is 13.8 Å². The van der Waals surface area contributed by atoms with Gasteiger partial charge in [-0.3, -0.25) is 4.79 Å². The summed E-state index contributed by atoms with van der Waals surface area (Å²) in [6.07, 6.45) is 0.775. The number of hydrogen-bond acceptors (Lipinski definition) is 5. The lowest BCUT2D eigenvalue weighted by Crippen LogP contribution is -2.43. The lowest BCUT2D eigenvalue weighted by Gasteiger charge is -2.20. The molecule has 0 spiro atoms. The summed E-state index contributed by atoms with van der Waals surface area (Å²) in [5.41, 5.74) is 0.613. The van der Waals surface area contributed by atoms with Crippen molar-refractivity contribution < 1.29 is 19.2 Å². The molecule has 6 nitrogen and oxygen atoms in total. The summed E-state index contributed by atoms with van der Waals surface area (Å²) in [6, 6.07) is 0. The van der Waals surface area contributed by atoms with E-state index in [9.17, 15) is 9.90 Å². The van der Waals surface area contributed by atoms with E-state index in [0.717, 1.165) is 11.3 Å². The van der Waals surface area contributed by atoms with Crippen LogP contribution < -0.4 is 5.32 Å². The lowest BCUT2D eigenvalue weighted by molar-refractivity contribution is -0.121. The number of carbonyl (C=O) groups excluding carboxylic acids is 1. The van der Waals surface area contributed by atoms with Crippen molar-refractivity contribution in [2.45, 2.75) is 32.3 Å². The second kappa shape index (κ2) is 5.07. The van der Waals surface area contributed by atoms with Crippen molar-refractivity contribution in [3.8, 4) is 0 Å². The summed E-state index contributed by atoms with van der Waals surface area (Å²) in [4.78, 5) is 11.8. The van der Waals surface area contributed by atoms with Gasteiger partial charge in [-0.2, -0.15) is 0 Å². The Balaban J connectivity index is 1.86. The van der Waals surface area contributed by atoms with Gasteiger partial charge in [-0.05, 0) is 13.8 Å². The molecule has 1 atom stereocenters. The molecule has 0 aliphatic carbocycles. The maximum absolute atomic E-state index is 11.8. The average Bonchev–Trinajstić information content (AvgIpc) is 2.89. The molecule has 0 bridgehead atoms. The molecule has 6 heteroatoms. The average molecular weight is 254 g/mol. The van der Waals surface area contributed by atoms with E-state index in [4.69, 9.17) is 9.26 Å². The number of aliphatic hydroxyl groups is 1. The van der Waals surface area contributed by atoms with Gasteiger partial charge in [0.2, 0.25) is 5.91 Å². The number of aromatic nitrogens is 1. The van der Waals surface area contributed by atoms with Crippen LogP contribution in [0.2, 0.25) is 0 Å². The summed E-state index contributed by atoms with van der Waals surface area (Å²) in [7, 11) is 0. The van der Waals surface area contributed by atoms with Crippen molar-refractivity contribution in [2.75, 3.05) is 19.8 Å². The summed E-state index contributed by atoms with van der Waals surface area (Å²) >= 11 is 0. The fourth-order valence-electron chi connectivity index (χ4n) is 1.98. The highest BCUT2D eigenvalue weighted by Crippen LogP contribution is 2.17. The number of ether oxygens (including phenoxy) is 1. The van der Waals surface area contributed by atoms with Crippen LogP contribution in [0.25, 0.3) is 0 Å². The van der Waals surface area contributed by atoms with E-state index in [1.54, 1.807) is 13.8 Å². The van der Waals surface area contributed by atoms with Crippen LogP contribution in [0.1, 0.15) is 23.4 Å². The van der Waals surface area contributed by atoms with Crippen molar-refractivity contribution >= 4 is 5.91 Å². The summed E-state index contributed by atoms with van der Waals surface area (Å²) in [6.45, 7) is 4.61. The first-order valence-electron chi connectivity index (χ1n) is 5.99. The molecule has 18 heavy (non-hydrogen) atoms. The Labute approximate surface area is 105 Å². The normalized spacial score (nSPS) is 23.3. The maximum atomic E-state index is 11.8. The second-order valence-electron chi connectivity index (χ2n) is 4.78. The molecule has 1 aliphatic rings. The number of nitrogens with one attached hydrogen (secondary N) is 1. The van der Waals surface area contributed by atoms with E-state index < -0.39 is 5.60 Å². The zero-order valence-corrected chi connectivity index (χ0v) is 10.7. The highest BCUT2D eigenvalue weighted by atomic mass is 16.5. The fourth-order valence-corrected chi connectivity index (χ4v) is 1.98. The van der Waals surface area contributed by atoms with E-state index in [1.807, 2.05) is 0 Å². The van der Waals surface area contributed by atoms with Crippen molar-refractivity contribution in [3.63, 3.8) is 0 Å². The van der Waals surface area contributed by atoms with Crippen molar-refractivity contribution in [2.24, 2.45) is 0 Å². The van der Waals surface area contributed by atoms with Gasteiger partial charge in [0.1, 0.15) is 11.4 Å². The minimum atomic E-state index is -0.922. The molecule has 2 rings (SSSR count). The topological polar surface area (TPSA) is 84.6 Å². The molecule has 1 saturated heterocycles. The minimum absolute atomic E-state index is 0.148. The third-order valence-corrected chi connectivity index (χ3v) is 3.22. The smallest absolute Gasteiger partial charge is 0.224 e. The van der Waals surface area contributed by atoms with Crippen LogP contribution in [0.3, 0.4) is 0 Å². The van der Waals surface area contributed by atoms with E-state index in [-0.39, 0.29) is 25.5 Å². The third-order valence-electron chi connectivity index (χ3n) is 3.22. The Morgan fingerprint density at radius 3 is 2.89 bits per heavy atom. The molecule has 100 valence electrons. The zero-order chi connectivity index (χ0) is 13.2. The molecule has 0 radical (unpaired) electrons. The largest absolute Gasteiger partial charge is 0.386 e. The van der Waals surface area contributed by atoms with E-state index in [1.165, 1.54) is 0 Å². The Hall–Kier alpha value is -1.40. The molecule has 1 fully saturated rings. The first kappa shape index (κ1) is 13.0. The predicted molar refractivity (Wildman–Crippen MR) is 63.1 cm³/mol. The van der Waals surface area contributed by atoms with Gasteiger partial charge in [0.15, 0.2) is 0 Å². The Morgan fingerprint density at radius 1 is 1.56 bits per heavy atom. The maximum Gasteiger partial charge on any atom is 0.224 e. The molecule has 0 aromatic carbocycles. The van der Waals surface area contributed by atoms with Crippen molar-refractivity contribution in [3.05, 3.63) is 17.0 Å². The molecule has 1 aromatic rings. The Kier molecular flexibility index (Phi) is 3.68. The van der Waals surface area contributed by atoms with Crippen LogP contribution in [-0.2, 0) is 16.0 Å². The number of aryl methyl sites for hydroxylation is 2. The van der Waals surface area contributed by atoms with E-state index in [2.05, 4.69) is 10.5 Å². The highest BCUT2D eigenvalue weighted by Gasteiger charge is 2.32. The van der Waals surface area contributed by atoms with Gasteiger partial charge in [0.25, 0.3) is 0 Å². The molecule has 2 heterocycles. The number of nitrogens with zero attached hydrogens (tertiary/aromatic N) is 1. The van der Waals surface area contributed by atoms with Gasteiger partial charge in [0, 0.05) is 25.1 Å². The summed E-state index contributed by atoms with van der Waals surface area (Å²) in [5.74, 6) is 0.510. The quantitative estimate of drug-likeness (QED) is 0.796. The predicted octanol–water partition coefficient (Wildman–Crippen LogP) is 0.102. The molecule has 1 aromatic heterocycles. The number of hydrogen-bond donors (Lipinski definition) is 2. The van der Waals surface area contributed by atoms with Crippen LogP contribution in [0.4, 0.5) is 0 Å². The van der Waals surface area contributed by atoms with Crippen LogP contribution in [0.5, 0.6) is 0 Å². The monoisotopic (exact) mass is 254 g/mol. The van der Waals surface area contributed by atoms with Gasteiger partial charge in [-0.1, -0.05) is 5.16 Å². The molecule has 2 N–H and O–H groups in total. The number of carbonyl (C=O) groups is 1. The third kappa shape index (κ3) is 2.88. The molecule has 1 unspecified atom stereocenters. The van der Waals surface area contributed by atoms with E-state index >= 15 is 0 Å². The van der Waals surface area contributed by atoms with Crippen LogP contribution >= 0.6 is 0 Å². The van der Waals surface area contributed by atoms with E-state index in [0.29, 0.717) is 18.8 Å². The Bertz CT molecular complexity index is 416. The van der Waals surface area contributed by atoms with Crippen LogP contribution in [0.15, 0.2) is 4.52 Å². The first-order chi connectivity index (χ1) is 8.50. The number of amides is 1. The van der Waals surface area contributed by atoms with Gasteiger partial charge in [-0.15, -0.1) is 0 Å². The molecule has 1 amide bonds. The van der Waals surface area contributed by atoms with Crippen molar-refractivity contribution in [1.29, 1.82) is 0 Å². The van der Waals surface area contributed by atoms with Gasteiger partial charge in [0.05, 0.1) is 18.7 Å². The van der Waals surface area contributed by atoms with Gasteiger partial charge < -0.3 is 19.7 Å². The standard InChI is InChI=1S/C12H18N2O4/c1-8-10(9(2)18-14-8)5-11(15)13-6-12(16)3-4-17-7-12/h16H,3-7H2,1-2H3,(H,13,15). The summed E-state index contributed by atoms with van der Waals surface area (Å²) in [5, 5.41) is 16.5. The minimum Gasteiger partial charge on any atom is -0.386 e. The van der Waals surface area contributed by atoms with Gasteiger partial charge >= 0.3 is 0 Å². The second-order valence-corrected chi connectivity index (χ2v) is 4.78. The number of rotatable bonds is 4. The SMILES string of the molecule is Cc1noc(C)c1CC(=O)NCC1(O)CCOC1. The van der Waals surface area contributed by atoms with Crippen molar-refractivity contribution in [1.82, 2.24) is 10.5 Å². The highest BCUT2D eigenvalue weighted by molar-refractivity contribution is 5.79. The lowest BCUT2D eigenvalue weighted by atomic mass is 10.0. The van der Waals surface area contributed by atoms with Crippen LogP contribution in [-0.4, -0.2) is 41.5 Å². The fraction of sp³-hybridized carbons (Fsp3) is 0.667. The zero-order valence-electron chi connectivity index (χ0n) is 10.7. The molecular formula is C12H18N2O4. The van der Waals surface area contributed by atoms with Gasteiger partial charge in [-0.25, -0.2) is 0 Å². The molecular weight excluding hydrogens is 236 g/mol. The Morgan fingerprint density at radius 2 is 2.33 bits per heavy atom.